The van der Waals surface area contributed by atoms with Gasteiger partial charge < -0.3 is 5.32 Å². The van der Waals surface area contributed by atoms with Crippen LogP contribution in [0.3, 0.4) is 0 Å². The Labute approximate surface area is 111 Å². The van der Waals surface area contributed by atoms with E-state index in [1.165, 1.54) is 0 Å². The standard InChI is InChI=1S/C12H16ClN5/c1-4-14-10(11-9(13)7-17-18(11)3)12-15-5-8(2)6-16-12/h5-7,10,14H,4H2,1-3H3. The molecule has 5 nitrogen and oxygen atoms in total. The Morgan fingerprint density at radius 3 is 2.50 bits per heavy atom. The van der Waals surface area contributed by atoms with Crippen LogP contribution in [0.2, 0.25) is 5.02 Å². The van der Waals surface area contributed by atoms with Crippen molar-refractivity contribution < 1.29 is 0 Å². The Morgan fingerprint density at radius 2 is 2.00 bits per heavy atom. The molecule has 1 N–H and O–H groups in total. The van der Waals surface area contributed by atoms with Gasteiger partial charge in [0.15, 0.2) is 5.82 Å². The minimum absolute atomic E-state index is 0.143. The Bertz CT molecular complexity index is 500. The van der Waals surface area contributed by atoms with Crippen molar-refractivity contribution in [2.75, 3.05) is 6.54 Å². The molecule has 2 aromatic heterocycles. The molecule has 0 aliphatic carbocycles. The SMILES string of the molecule is CCNC(c1ncc(C)cn1)c1c(Cl)cnn1C. The van der Waals surface area contributed by atoms with Crippen LogP contribution >= 0.6 is 11.6 Å². The van der Waals surface area contributed by atoms with E-state index in [4.69, 9.17) is 11.6 Å². The van der Waals surface area contributed by atoms with Crippen molar-refractivity contribution in [2.24, 2.45) is 7.05 Å². The zero-order valence-corrected chi connectivity index (χ0v) is 11.4. The highest BCUT2D eigenvalue weighted by Gasteiger charge is 2.22. The zero-order valence-electron chi connectivity index (χ0n) is 10.7. The smallest absolute Gasteiger partial charge is 0.151 e. The van der Waals surface area contributed by atoms with Gasteiger partial charge in [-0.1, -0.05) is 18.5 Å². The lowest BCUT2D eigenvalue weighted by Gasteiger charge is -2.17. The van der Waals surface area contributed by atoms with Gasteiger partial charge in [-0.25, -0.2) is 9.97 Å². The van der Waals surface area contributed by atoms with E-state index in [2.05, 4.69) is 20.4 Å². The van der Waals surface area contributed by atoms with Gasteiger partial charge in [-0.3, -0.25) is 4.68 Å². The molecule has 0 aliphatic rings. The van der Waals surface area contributed by atoms with E-state index in [-0.39, 0.29) is 6.04 Å². The van der Waals surface area contributed by atoms with Gasteiger partial charge in [-0.2, -0.15) is 5.10 Å². The molecule has 0 amide bonds. The summed E-state index contributed by atoms with van der Waals surface area (Å²) >= 11 is 6.18. The van der Waals surface area contributed by atoms with Crippen molar-refractivity contribution in [3.8, 4) is 0 Å². The molecule has 0 aromatic carbocycles. The maximum atomic E-state index is 6.18. The summed E-state index contributed by atoms with van der Waals surface area (Å²) in [6, 6.07) is -0.143. The summed E-state index contributed by atoms with van der Waals surface area (Å²) in [5, 5.41) is 8.10. The highest BCUT2D eigenvalue weighted by atomic mass is 35.5. The van der Waals surface area contributed by atoms with Crippen molar-refractivity contribution in [1.82, 2.24) is 25.1 Å². The third-order valence-corrected chi connectivity index (χ3v) is 2.97. The molecule has 0 bridgehead atoms. The highest BCUT2D eigenvalue weighted by molar-refractivity contribution is 6.31. The maximum Gasteiger partial charge on any atom is 0.151 e. The lowest BCUT2D eigenvalue weighted by atomic mass is 10.2. The molecule has 96 valence electrons. The van der Waals surface area contributed by atoms with Crippen LogP contribution < -0.4 is 5.32 Å². The number of nitrogens with zero attached hydrogens (tertiary/aromatic N) is 4. The molecule has 1 unspecified atom stereocenters. The molecule has 1 atom stereocenters. The van der Waals surface area contributed by atoms with Gasteiger partial charge in [0.2, 0.25) is 0 Å². The van der Waals surface area contributed by atoms with Gasteiger partial charge in [-0.05, 0) is 19.0 Å². The first-order chi connectivity index (χ1) is 8.63. The van der Waals surface area contributed by atoms with Crippen LogP contribution in [0.25, 0.3) is 0 Å². The molecule has 0 spiro atoms. The molecule has 2 heterocycles. The van der Waals surface area contributed by atoms with Gasteiger partial charge in [0.25, 0.3) is 0 Å². The molecule has 0 fully saturated rings. The first-order valence-corrected chi connectivity index (χ1v) is 6.20. The molecule has 18 heavy (non-hydrogen) atoms. The van der Waals surface area contributed by atoms with Crippen molar-refractivity contribution in [3.63, 3.8) is 0 Å². The van der Waals surface area contributed by atoms with Crippen LogP contribution in [0.5, 0.6) is 0 Å². The Morgan fingerprint density at radius 1 is 1.33 bits per heavy atom. The van der Waals surface area contributed by atoms with Crippen molar-refractivity contribution in [1.29, 1.82) is 0 Å². The third-order valence-electron chi connectivity index (χ3n) is 2.68. The lowest BCUT2D eigenvalue weighted by Crippen LogP contribution is -2.26. The van der Waals surface area contributed by atoms with Crippen LogP contribution in [0.15, 0.2) is 18.6 Å². The van der Waals surface area contributed by atoms with Crippen LogP contribution in [0.1, 0.15) is 30.0 Å². The minimum Gasteiger partial charge on any atom is -0.303 e. The number of hydrogen-bond donors (Lipinski definition) is 1. The Hall–Kier alpha value is -1.46. The minimum atomic E-state index is -0.143. The second-order valence-electron chi connectivity index (χ2n) is 4.11. The Balaban J connectivity index is 2.43. The van der Waals surface area contributed by atoms with Gasteiger partial charge in [0.05, 0.1) is 16.9 Å². The Kier molecular flexibility index (Phi) is 3.93. The average Bonchev–Trinajstić information content (AvgIpc) is 2.68. The number of aryl methyl sites for hydroxylation is 2. The fourth-order valence-electron chi connectivity index (χ4n) is 1.81. The van der Waals surface area contributed by atoms with Crippen LogP contribution in [0, 0.1) is 6.92 Å². The number of nitrogens with one attached hydrogen (secondary N) is 1. The molecule has 0 saturated heterocycles. The molecular formula is C12H16ClN5. The molecular weight excluding hydrogens is 250 g/mol. The predicted octanol–water partition coefficient (Wildman–Crippen LogP) is 1.87. The predicted molar refractivity (Wildman–Crippen MR) is 70.5 cm³/mol. The quantitative estimate of drug-likeness (QED) is 0.917. The van der Waals surface area contributed by atoms with Gasteiger partial charge in [0, 0.05) is 19.4 Å². The number of halogens is 1. The molecule has 6 heteroatoms. The summed E-state index contributed by atoms with van der Waals surface area (Å²) in [4.78, 5) is 8.72. The topological polar surface area (TPSA) is 55.6 Å². The first-order valence-electron chi connectivity index (χ1n) is 5.82. The van der Waals surface area contributed by atoms with Crippen LogP contribution in [0.4, 0.5) is 0 Å². The third kappa shape index (κ3) is 2.52. The van der Waals surface area contributed by atoms with Crippen molar-refractivity contribution in [3.05, 3.63) is 40.7 Å². The van der Waals surface area contributed by atoms with E-state index < -0.39 is 0 Å². The molecule has 0 radical (unpaired) electrons. The van der Waals surface area contributed by atoms with E-state index in [1.54, 1.807) is 23.3 Å². The molecule has 2 rings (SSSR count). The number of aromatic nitrogens is 4. The fraction of sp³-hybridized carbons (Fsp3) is 0.417. The summed E-state index contributed by atoms with van der Waals surface area (Å²) in [7, 11) is 1.86. The maximum absolute atomic E-state index is 6.18. The van der Waals surface area contributed by atoms with E-state index in [1.807, 2.05) is 20.9 Å². The highest BCUT2D eigenvalue weighted by Crippen LogP contribution is 2.25. The van der Waals surface area contributed by atoms with Crippen LogP contribution in [-0.4, -0.2) is 26.3 Å². The lowest BCUT2D eigenvalue weighted by molar-refractivity contribution is 0.548. The van der Waals surface area contributed by atoms with E-state index in [9.17, 15) is 0 Å². The van der Waals surface area contributed by atoms with Crippen LogP contribution in [-0.2, 0) is 7.05 Å². The van der Waals surface area contributed by atoms with Crippen molar-refractivity contribution in [2.45, 2.75) is 19.9 Å². The largest absolute Gasteiger partial charge is 0.303 e. The summed E-state index contributed by atoms with van der Waals surface area (Å²) in [5.41, 5.74) is 1.91. The average molecular weight is 266 g/mol. The first kappa shape index (κ1) is 13.0. The van der Waals surface area contributed by atoms with Gasteiger partial charge in [-0.15, -0.1) is 0 Å². The van der Waals surface area contributed by atoms with Gasteiger partial charge >= 0.3 is 0 Å². The second kappa shape index (κ2) is 5.46. The van der Waals surface area contributed by atoms with E-state index in [0.717, 1.165) is 17.8 Å². The normalized spacial score (nSPS) is 12.7. The summed E-state index contributed by atoms with van der Waals surface area (Å²) < 4.78 is 1.75. The molecule has 0 saturated carbocycles. The summed E-state index contributed by atoms with van der Waals surface area (Å²) in [5.74, 6) is 0.702. The van der Waals surface area contributed by atoms with Crippen molar-refractivity contribution >= 4 is 11.6 Å². The van der Waals surface area contributed by atoms with Gasteiger partial charge in [0.1, 0.15) is 6.04 Å². The van der Waals surface area contributed by atoms with E-state index >= 15 is 0 Å². The number of rotatable bonds is 4. The number of hydrogen-bond acceptors (Lipinski definition) is 4. The monoisotopic (exact) mass is 265 g/mol. The fourth-order valence-corrected chi connectivity index (χ4v) is 2.09. The molecule has 0 aliphatic heterocycles. The zero-order chi connectivity index (χ0) is 13.1. The summed E-state index contributed by atoms with van der Waals surface area (Å²) in [6.45, 7) is 4.79. The molecule has 2 aromatic rings. The second-order valence-corrected chi connectivity index (χ2v) is 4.52. The van der Waals surface area contributed by atoms with E-state index in [0.29, 0.717) is 10.8 Å². The summed E-state index contributed by atoms with van der Waals surface area (Å²) in [6.07, 6.45) is 5.24.